The third kappa shape index (κ3) is 4.79. The van der Waals surface area contributed by atoms with Crippen LogP contribution in [0.25, 0.3) is 0 Å². The highest BCUT2D eigenvalue weighted by molar-refractivity contribution is 14.0. The lowest BCUT2D eigenvalue weighted by Gasteiger charge is -2.20. The second kappa shape index (κ2) is 8.47. The summed E-state index contributed by atoms with van der Waals surface area (Å²) in [5.41, 5.74) is 5.14. The highest BCUT2D eigenvalue weighted by atomic mass is 127. The van der Waals surface area contributed by atoms with Crippen LogP contribution in [-0.4, -0.2) is 30.9 Å². The van der Waals surface area contributed by atoms with Crippen LogP contribution in [0.15, 0.2) is 44.4 Å². The van der Waals surface area contributed by atoms with Gasteiger partial charge in [0, 0.05) is 14.1 Å². The number of primary amides is 1. The van der Waals surface area contributed by atoms with E-state index in [2.05, 4.69) is 10.3 Å². The Morgan fingerprint density at radius 2 is 2.14 bits per heavy atom. The van der Waals surface area contributed by atoms with E-state index in [9.17, 15) is 4.79 Å². The van der Waals surface area contributed by atoms with E-state index in [0.717, 1.165) is 5.76 Å². The van der Waals surface area contributed by atoms with Gasteiger partial charge in [-0.2, -0.15) is 0 Å². The van der Waals surface area contributed by atoms with Crippen LogP contribution in [0, 0.1) is 0 Å². The molecule has 0 fully saturated rings. The lowest BCUT2D eigenvalue weighted by atomic mass is 10.4. The molecule has 2 rings (SSSR count). The molecule has 2 aromatic rings. The number of nitrogens with one attached hydrogen (secondary N) is 1. The molecule has 2 heterocycles. The van der Waals surface area contributed by atoms with Crippen LogP contribution in [0.3, 0.4) is 0 Å². The lowest BCUT2D eigenvalue weighted by molar-refractivity contribution is 0.0972. The molecule has 0 aromatic carbocycles. The van der Waals surface area contributed by atoms with Crippen molar-refractivity contribution in [2.75, 3.05) is 14.1 Å². The molecule has 0 unspecified atom stereocenters. The van der Waals surface area contributed by atoms with E-state index in [4.69, 9.17) is 14.6 Å². The van der Waals surface area contributed by atoms with Crippen molar-refractivity contribution in [2.45, 2.75) is 13.1 Å². The minimum absolute atomic E-state index is 0. The maximum Gasteiger partial charge on any atom is 0.284 e. The van der Waals surface area contributed by atoms with E-state index < -0.39 is 5.91 Å². The van der Waals surface area contributed by atoms with Crippen LogP contribution < -0.4 is 11.1 Å². The summed E-state index contributed by atoms with van der Waals surface area (Å²) in [4.78, 5) is 17.1. The van der Waals surface area contributed by atoms with Gasteiger partial charge in [0.15, 0.2) is 11.7 Å². The number of amides is 1. The number of hydrogen-bond donors (Lipinski definition) is 2. The van der Waals surface area contributed by atoms with E-state index in [0.29, 0.717) is 24.8 Å². The van der Waals surface area contributed by atoms with E-state index >= 15 is 0 Å². The Morgan fingerprint density at radius 3 is 2.68 bits per heavy atom. The standard InChI is InChI=1S/C14H18N4O3.HI/c1-16-14(18(2)9-11-4-3-7-20-11)17-8-10-5-6-12(21-10)13(15)19;/h3-7H,8-9H2,1-2H3,(H2,15,19)(H,16,17);1H. The smallest absolute Gasteiger partial charge is 0.284 e. The van der Waals surface area contributed by atoms with Crippen LogP contribution in [0.1, 0.15) is 22.1 Å². The summed E-state index contributed by atoms with van der Waals surface area (Å²) < 4.78 is 10.6. The number of rotatable bonds is 5. The molecule has 120 valence electrons. The molecule has 8 heteroatoms. The van der Waals surface area contributed by atoms with E-state index in [1.807, 2.05) is 24.1 Å². The predicted molar refractivity (Wildman–Crippen MR) is 93.0 cm³/mol. The molecule has 0 bridgehead atoms. The van der Waals surface area contributed by atoms with Crippen LogP contribution >= 0.6 is 24.0 Å². The minimum Gasteiger partial charge on any atom is -0.467 e. The summed E-state index contributed by atoms with van der Waals surface area (Å²) in [5.74, 6) is 1.69. The quantitative estimate of drug-likeness (QED) is 0.439. The van der Waals surface area contributed by atoms with Crippen molar-refractivity contribution in [1.82, 2.24) is 10.2 Å². The first-order chi connectivity index (χ1) is 10.1. The van der Waals surface area contributed by atoms with Crippen molar-refractivity contribution in [3.05, 3.63) is 47.8 Å². The average molecular weight is 418 g/mol. The third-order valence-electron chi connectivity index (χ3n) is 2.87. The van der Waals surface area contributed by atoms with Crippen molar-refractivity contribution in [3.63, 3.8) is 0 Å². The fourth-order valence-electron chi connectivity index (χ4n) is 1.87. The van der Waals surface area contributed by atoms with Crippen molar-refractivity contribution >= 4 is 35.8 Å². The molecule has 3 N–H and O–H groups in total. The molecule has 0 saturated carbocycles. The normalized spacial score (nSPS) is 10.9. The number of furan rings is 2. The zero-order valence-corrected chi connectivity index (χ0v) is 14.7. The largest absolute Gasteiger partial charge is 0.467 e. The first-order valence-corrected chi connectivity index (χ1v) is 6.43. The molecule has 22 heavy (non-hydrogen) atoms. The molecule has 1 amide bonds. The number of carbonyl (C=O) groups excluding carboxylic acids is 1. The molecule has 7 nitrogen and oxygen atoms in total. The molecule has 0 aliphatic carbocycles. The van der Waals surface area contributed by atoms with Crippen LogP contribution in [0.5, 0.6) is 0 Å². The number of hydrogen-bond acceptors (Lipinski definition) is 4. The summed E-state index contributed by atoms with van der Waals surface area (Å²) >= 11 is 0. The van der Waals surface area contributed by atoms with Gasteiger partial charge in [0.05, 0.1) is 19.4 Å². The highest BCUT2D eigenvalue weighted by Gasteiger charge is 2.10. The van der Waals surface area contributed by atoms with Gasteiger partial charge in [-0.3, -0.25) is 9.79 Å². The van der Waals surface area contributed by atoms with Gasteiger partial charge in [-0.25, -0.2) is 0 Å². The monoisotopic (exact) mass is 418 g/mol. The number of carbonyl (C=O) groups is 1. The Labute approximate surface area is 145 Å². The van der Waals surface area contributed by atoms with Gasteiger partial charge in [-0.15, -0.1) is 24.0 Å². The van der Waals surface area contributed by atoms with E-state index in [1.165, 1.54) is 0 Å². The first kappa shape index (κ1) is 18.1. The Bertz CT molecular complexity index is 622. The van der Waals surface area contributed by atoms with Crippen molar-refractivity contribution < 1.29 is 13.6 Å². The number of halogens is 1. The lowest BCUT2D eigenvalue weighted by Crippen LogP contribution is -2.37. The fourth-order valence-corrected chi connectivity index (χ4v) is 1.87. The fraction of sp³-hybridized carbons (Fsp3) is 0.286. The van der Waals surface area contributed by atoms with Gasteiger partial charge in [0.1, 0.15) is 11.5 Å². The molecule has 0 radical (unpaired) electrons. The van der Waals surface area contributed by atoms with Crippen molar-refractivity contribution in [3.8, 4) is 0 Å². The number of aliphatic imine (C=N–C) groups is 1. The maximum absolute atomic E-state index is 11.0. The van der Waals surface area contributed by atoms with Crippen LogP contribution in [0.4, 0.5) is 0 Å². The van der Waals surface area contributed by atoms with Crippen LogP contribution in [0.2, 0.25) is 0 Å². The molecule has 0 aliphatic rings. The molecule has 0 aliphatic heterocycles. The summed E-state index contributed by atoms with van der Waals surface area (Å²) in [6.07, 6.45) is 1.63. The molecule has 2 aromatic heterocycles. The summed E-state index contributed by atoms with van der Waals surface area (Å²) in [6.45, 7) is 1.000. The minimum atomic E-state index is -0.583. The second-order valence-corrected chi connectivity index (χ2v) is 4.47. The predicted octanol–water partition coefficient (Wildman–Crippen LogP) is 1.80. The van der Waals surface area contributed by atoms with E-state index in [-0.39, 0.29) is 29.7 Å². The first-order valence-electron chi connectivity index (χ1n) is 6.43. The highest BCUT2D eigenvalue weighted by Crippen LogP contribution is 2.08. The van der Waals surface area contributed by atoms with Crippen molar-refractivity contribution in [1.29, 1.82) is 0 Å². The summed E-state index contributed by atoms with van der Waals surface area (Å²) in [7, 11) is 3.59. The summed E-state index contributed by atoms with van der Waals surface area (Å²) in [6, 6.07) is 6.99. The zero-order valence-electron chi connectivity index (χ0n) is 12.4. The molecular weight excluding hydrogens is 399 g/mol. The molecule has 0 atom stereocenters. The van der Waals surface area contributed by atoms with Gasteiger partial charge in [0.25, 0.3) is 5.91 Å². The van der Waals surface area contributed by atoms with E-state index in [1.54, 1.807) is 25.4 Å². The Balaban J connectivity index is 0.00000242. The SMILES string of the molecule is CN=C(NCc1ccc(C(N)=O)o1)N(C)Cc1ccco1.I. The van der Waals surface area contributed by atoms with Crippen LogP contribution in [-0.2, 0) is 13.1 Å². The molecular formula is C14H19IN4O3. The van der Waals surface area contributed by atoms with Crippen molar-refractivity contribution in [2.24, 2.45) is 10.7 Å². The molecule has 0 saturated heterocycles. The topological polar surface area (TPSA) is 97.0 Å². The number of guanidine groups is 1. The number of nitrogens with zero attached hydrogens (tertiary/aromatic N) is 2. The Kier molecular flexibility index (Phi) is 6.96. The maximum atomic E-state index is 11.0. The van der Waals surface area contributed by atoms with Gasteiger partial charge < -0.3 is 24.8 Å². The van der Waals surface area contributed by atoms with Gasteiger partial charge in [-0.05, 0) is 24.3 Å². The van der Waals surface area contributed by atoms with Gasteiger partial charge in [-0.1, -0.05) is 0 Å². The average Bonchev–Trinajstić information content (AvgIpc) is 3.10. The van der Waals surface area contributed by atoms with Gasteiger partial charge >= 0.3 is 0 Å². The Morgan fingerprint density at radius 1 is 1.36 bits per heavy atom. The second-order valence-electron chi connectivity index (χ2n) is 4.47. The number of nitrogens with two attached hydrogens (primary N) is 1. The summed E-state index contributed by atoms with van der Waals surface area (Å²) in [5, 5.41) is 3.14. The molecule has 0 spiro atoms. The zero-order chi connectivity index (χ0) is 15.2. The third-order valence-corrected chi connectivity index (χ3v) is 2.87. The Hall–Kier alpha value is -1.97. The van der Waals surface area contributed by atoms with Gasteiger partial charge in [0.2, 0.25) is 0 Å².